The van der Waals surface area contributed by atoms with Gasteiger partial charge < -0.3 is 0 Å². The van der Waals surface area contributed by atoms with E-state index in [9.17, 15) is 0 Å². The molecule has 1 aromatic carbocycles. The van der Waals surface area contributed by atoms with E-state index in [1.165, 1.54) is 62.5 Å². The summed E-state index contributed by atoms with van der Waals surface area (Å²) >= 11 is 5.87. The van der Waals surface area contributed by atoms with Crippen molar-refractivity contribution in [2.45, 2.75) is 118 Å². The molecule has 2 heteroatoms. The number of unbranched alkanes of at least 4 members (excludes halogenated alkanes) is 1. The Labute approximate surface area is 203 Å². The highest BCUT2D eigenvalue weighted by molar-refractivity contribution is 6.30. The molecule has 1 radical (unpaired) electrons. The molecule has 0 amide bonds. The molecule has 0 saturated carbocycles. The Morgan fingerprint density at radius 2 is 1.65 bits per heavy atom. The Kier molecular flexibility index (Phi) is 30.3. The molecule has 1 unspecified atom stereocenters. The van der Waals surface area contributed by atoms with Crippen LogP contribution in [0.25, 0.3) is 0 Å². The summed E-state index contributed by atoms with van der Waals surface area (Å²) in [5.74, 6) is 1.65. The van der Waals surface area contributed by atoms with Crippen molar-refractivity contribution >= 4 is 19.4 Å². The molecule has 1 aliphatic carbocycles. The number of aryl methyl sites for hydroxylation is 1. The van der Waals surface area contributed by atoms with E-state index in [-0.39, 0.29) is 0 Å². The van der Waals surface area contributed by atoms with Crippen LogP contribution in [-0.2, 0) is 6.42 Å². The Morgan fingerprint density at radius 3 is 2.06 bits per heavy atom. The number of allylic oxidation sites excluding steroid dienone is 2. The highest BCUT2D eigenvalue weighted by atomic mass is 35.5. The third kappa shape index (κ3) is 19.5. The Balaban J connectivity index is -0.000000363. The summed E-state index contributed by atoms with van der Waals surface area (Å²) in [6.45, 7) is 22.1. The maximum Gasteiger partial charge on any atom is 0.0865 e. The normalized spacial score (nSPS) is 13.0. The minimum Gasteiger partial charge on any atom is -0.103 e. The quantitative estimate of drug-likeness (QED) is 0.200. The van der Waals surface area contributed by atoms with Crippen LogP contribution < -0.4 is 0 Å². The Hall–Kier alpha value is -0.945. The van der Waals surface area contributed by atoms with Gasteiger partial charge in [-0.2, -0.15) is 0 Å². The predicted molar refractivity (Wildman–Crippen MR) is 150 cm³/mol. The number of fused-ring (bicyclic) bond motifs is 1. The van der Waals surface area contributed by atoms with Crippen molar-refractivity contribution in [2.75, 3.05) is 0 Å². The summed E-state index contributed by atoms with van der Waals surface area (Å²) in [4.78, 5) is 0. The smallest absolute Gasteiger partial charge is 0.0865 e. The van der Waals surface area contributed by atoms with Gasteiger partial charge in [-0.25, -0.2) is 0 Å². The summed E-state index contributed by atoms with van der Waals surface area (Å²) in [5.41, 5.74) is 2.94. The van der Waals surface area contributed by atoms with Crippen LogP contribution in [0, 0.1) is 5.92 Å². The molecule has 1 atom stereocenters. The van der Waals surface area contributed by atoms with Crippen LogP contribution in [0.1, 0.15) is 117 Å². The molecule has 0 aromatic heterocycles. The zero-order chi connectivity index (χ0) is 24.5. The second-order valence-corrected chi connectivity index (χ2v) is 7.97. The van der Waals surface area contributed by atoms with Gasteiger partial charge in [-0.05, 0) is 60.8 Å². The van der Waals surface area contributed by atoms with Gasteiger partial charge in [0.2, 0.25) is 0 Å². The minimum absolute atomic E-state index is 0.738. The summed E-state index contributed by atoms with van der Waals surface area (Å²) in [6.07, 6.45) is 16.4. The van der Waals surface area contributed by atoms with Gasteiger partial charge in [0.1, 0.15) is 0 Å². The third-order valence-corrected chi connectivity index (χ3v) is 5.27. The SMILES string of the molecule is C=CCC(CCC)CCC.CC.CC.CC1CCc2cc(Cl)ccc21.[BH]CCCC=C. The average Bonchev–Trinajstić information content (AvgIpc) is 3.16. The van der Waals surface area contributed by atoms with Gasteiger partial charge in [-0.15, -0.1) is 13.2 Å². The van der Waals surface area contributed by atoms with E-state index in [0.717, 1.165) is 29.6 Å². The largest absolute Gasteiger partial charge is 0.103 e. The lowest BCUT2D eigenvalue weighted by molar-refractivity contribution is 0.445. The van der Waals surface area contributed by atoms with Gasteiger partial charge in [-0.1, -0.05) is 117 Å². The average molecular weight is 448 g/mol. The van der Waals surface area contributed by atoms with Crippen molar-refractivity contribution < 1.29 is 0 Å². The Morgan fingerprint density at radius 1 is 1.06 bits per heavy atom. The standard InChI is InChI=1S/C10H11Cl.C10H20.C5H10B.2C2H6/c1-7-2-3-8-6-9(11)4-5-10(7)8;1-4-7-10(8-5-2)9-6-3;1-2-3-4-5-6;2*1-2/h4-7H,2-3H2,1H3;4,10H,1,5-9H2,2-3H3;2,6H,1,3-5H2;2*1-2H3. The highest BCUT2D eigenvalue weighted by Crippen LogP contribution is 2.33. The van der Waals surface area contributed by atoms with Crippen molar-refractivity contribution in [1.29, 1.82) is 0 Å². The first-order valence-electron chi connectivity index (χ1n) is 12.8. The fourth-order valence-electron chi connectivity index (χ4n) is 3.52. The van der Waals surface area contributed by atoms with Gasteiger partial charge in [0.15, 0.2) is 0 Å². The maximum absolute atomic E-state index is 5.87. The number of hydrogen-bond acceptors (Lipinski definition) is 0. The molecule has 0 spiro atoms. The first-order valence-corrected chi connectivity index (χ1v) is 13.2. The molecule has 179 valence electrons. The van der Waals surface area contributed by atoms with E-state index in [1.54, 1.807) is 0 Å². The van der Waals surface area contributed by atoms with Crippen molar-refractivity contribution in [1.82, 2.24) is 0 Å². The van der Waals surface area contributed by atoms with Crippen molar-refractivity contribution in [2.24, 2.45) is 5.92 Å². The van der Waals surface area contributed by atoms with Crippen LogP contribution >= 0.6 is 11.6 Å². The molecule has 1 aliphatic rings. The summed E-state index contributed by atoms with van der Waals surface area (Å²) < 4.78 is 0. The lowest BCUT2D eigenvalue weighted by Crippen LogP contribution is -1.97. The van der Waals surface area contributed by atoms with Crippen LogP contribution in [0.4, 0.5) is 0 Å². The summed E-state index contributed by atoms with van der Waals surface area (Å²) in [5, 5.41) is 0.873. The molecular weight excluding hydrogens is 395 g/mol. The molecule has 0 N–H and O–H groups in total. The topological polar surface area (TPSA) is 0 Å². The molecule has 0 aliphatic heterocycles. The van der Waals surface area contributed by atoms with Crippen LogP contribution in [0.2, 0.25) is 11.3 Å². The van der Waals surface area contributed by atoms with Gasteiger partial charge in [-0.3, -0.25) is 0 Å². The first kappa shape index (κ1) is 34.7. The van der Waals surface area contributed by atoms with E-state index in [0.29, 0.717) is 0 Å². The van der Waals surface area contributed by atoms with E-state index < -0.39 is 0 Å². The second kappa shape index (κ2) is 27.1. The lowest BCUT2D eigenvalue weighted by atomic mass is 9.95. The van der Waals surface area contributed by atoms with E-state index >= 15 is 0 Å². The monoisotopic (exact) mass is 447 g/mol. The molecule has 31 heavy (non-hydrogen) atoms. The summed E-state index contributed by atoms with van der Waals surface area (Å²) in [6, 6.07) is 6.25. The number of hydrogen-bond donors (Lipinski definition) is 0. The Bertz CT molecular complexity index is 503. The van der Waals surface area contributed by atoms with Crippen LogP contribution in [0.5, 0.6) is 0 Å². The number of rotatable bonds is 9. The zero-order valence-electron chi connectivity index (χ0n) is 22.1. The third-order valence-electron chi connectivity index (χ3n) is 5.03. The molecule has 2 rings (SSSR count). The number of halogens is 1. The van der Waals surface area contributed by atoms with Crippen LogP contribution in [-0.4, -0.2) is 7.85 Å². The molecule has 0 heterocycles. The maximum atomic E-state index is 5.87. The van der Waals surface area contributed by atoms with E-state index in [4.69, 9.17) is 11.6 Å². The molecular formula is C29H53BCl. The lowest BCUT2D eigenvalue weighted by Gasteiger charge is -2.11. The summed E-state index contributed by atoms with van der Waals surface area (Å²) in [7, 11) is 3.68. The molecule has 0 fully saturated rings. The molecule has 0 bridgehead atoms. The zero-order valence-corrected chi connectivity index (χ0v) is 22.9. The van der Waals surface area contributed by atoms with Crippen molar-refractivity contribution in [3.63, 3.8) is 0 Å². The van der Waals surface area contributed by atoms with Gasteiger partial charge in [0.05, 0.1) is 7.85 Å². The fourth-order valence-corrected chi connectivity index (χ4v) is 3.71. The first-order chi connectivity index (χ1) is 15.0. The highest BCUT2D eigenvalue weighted by Gasteiger charge is 2.17. The van der Waals surface area contributed by atoms with Crippen molar-refractivity contribution in [3.05, 3.63) is 59.7 Å². The van der Waals surface area contributed by atoms with Gasteiger partial charge in [0, 0.05) is 5.02 Å². The second-order valence-electron chi connectivity index (χ2n) is 7.54. The van der Waals surface area contributed by atoms with Gasteiger partial charge >= 0.3 is 0 Å². The van der Waals surface area contributed by atoms with E-state index in [1.807, 2.05) is 39.8 Å². The molecule has 0 nitrogen and oxygen atoms in total. The molecule has 0 saturated heterocycles. The van der Waals surface area contributed by atoms with Crippen molar-refractivity contribution in [3.8, 4) is 0 Å². The minimum atomic E-state index is 0.738. The van der Waals surface area contributed by atoms with E-state index in [2.05, 4.69) is 60.0 Å². The molecule has 1 aromatic rings. The predicted octanol–water partition coefficient (Wildman–Crippen LogP) is 10.5. The number of benzene rings is 1. The van der Waals surface area contributed by atoms with Crippen LogP contribution in [0.3, 0.4) is 0 Å². The fraction of sp³-hybridized carbons (Fsp3) is 0.655. The van der Waals surface area contributed by atoms with Crippen LogP contribution in [0.15, 0.2) is 43.5 Å². The van der Waals surface area contributed by atoms with Gasteiger partial charge in [0.25, 0.3) is 0 Å².